The van der Waals surface area contributed by atoms with Gasteiger partial charge in [-0.25, -0.2) is 8.42 Å². The summed E-state index contributed by atoms with van der Waals surface area (Å²) in [5.74, 6) is 0. The van der Waals surface area contributed by atoms with E-state index in [2.05, 4.69) is 82.5 Å². The minimum Gasteiger partial charge on any atom is -0.726 e. The Balaban J connectivity index is 0.000000307. The number of nitrogens with zero attached hydrogens (tertiary/aromatic N) is 1. The summed E-state index contributed by atoms with van der Waals surface area (Å²) in [6, 6.07) is 21.6. The van der Waals surface area contributed by atoms with Gasteiger partial charge in [0.25, 0.3) is 0 Å². The van der Waals surface area contributed by atoms with Crippen LogP contribution in [-0.2, 0) is 28.1 Å². The Bertz CT molecular complexity index is 1090. The van der Waals surface area contributed by atoms with Gasteiger partial charge in [0.05, 0.1) is 7.11 Å². The van der Waals surface area contributed by atoms with E-state index in [0.717, 1.165) is 20.0 Å². The summed E-state index contributed by atoms with van der Waals surface area (Å²) in [7, 11) is -1.42. The van der Waals surface area contributed by atoms with Crippen molar-refractivity contribution < 1.29 is 21.7 Å². The summed E-state index contributed by atoms with van der Waals surface area (Å²) in [4.78, 5) is 0. The Morgan fingerprint density at radius 2 is 1.67 bits per heavy atom. The minimum absolute atomic E-state index is 0.808. The third kappa shape index (κ3) is 4.60. The van der Waals surface area contributed by atoms with Crippen LogP contribution in [0, 0.1) is 0 Å². The summed E-state index contributed by atoms with van der Waals surface area (Å²) in [5, 5.41) is 1.33. The maximum atomic E-state index is 9.22. The molecule has 0 saturated carbocycles. The summed E-state index contributed by atoms with van der Waals surface area (Å²) in [6.07, 6.45) is 4.61. The number of fused-ring (bicyclic) bond motifs is 2. The van der Waals surface area contributed by atoms with Crippen molar-refractivity contribution in [2.24, 2.45) is 7.05 Å². The van der Waals surface area contributed by atoms with Gasteiger partial charge in [0.15, 0.2) is 0 Å². The second kappa shape index (κ2) is 8.00. The largest absolute Gasteiger partial charge is 0.726 e. The molecule has 4 rings (SSSR count). The van der Waals surface area contributed by atoms with Crippen molar-refractivity contribution in [3.8, 4) is 0 Å². The highest BCUT2D eigenvalue weighted by Crippen LogP contribution is 2.32. The molecule has 0 fully saturated rings. The van der Waals surface area contributed by atoms with Gasteiger partial charge in [-0.3, -0.25) is 4.18 Å². The van der Waals surface area contributed by atoms with Crippen molar-refractivity contribution in [1.29, 1.82) is 0 Å². The monoisotopic (exact) mass is 383 g/mol. The van der Waals surface area contributed by atoms with Gasteiger partial charge in [0.1, 0.15) is 7.05 Å². The molecule has 2 aromatic carbocycles. The fourth-order valence-electron chi connectivity index (χ4n) is 3.40. The maximum Gasteiger partial charge on any atom is 0.217 e. The Hall–Kier alpha value is -2.54. The quantitative estimate of drug-likeness (QED) is 0.387. The summed E-state index contributed by atoms with van der Waals surface area (Å²) < 4.78 is 33.4. The molecule has 5 nitrogen and oxygen atoms in total. The molecule has 0 spiro atoms. The van der Waals surface area contributed by atoms with Crippen LogP contribution < -0.4 is 4.57 Å². The number of pyridine rings is 1. The molecule has 0 bridgehead atoms. The lowest BCUT2D eigenvalue weighted by Crippen LogP contribution is -2.34. The third-order valence-corrected chi connectivity index (χ3v) is 4.99. The smallest absolute Gasteiger partial charge is 0.217 e. The average Bonchev–Trinajstić information content (AvgIpc) is 3.05. The molecule has 140 valence electrons. The molecule has 1 aliphatic carbocycles. The molecule has 6 heteroatoms. The Kier molecular flexibility index (Phi) is 5.70. The fraction of sp³-hybridized carbons (Fsp3) is 0.190. The zero-order chi connectivity index (χ0) is 19.4. The highest BCUT2D eigenvalue weighted by atomic mass is 32.3. The highest BCUT2D eigenvalue weighted by molar-refractivity contribution is 7.80. The zero-order valence-electron chi connectivity index (χ0n) is 15.3. The molecule has 3 aromatic rings. The first kappa shape index (κ1) is 19.2. The van der Waals surface area contributed by atoms with Crippen molar-refractivity contribution in [1.82, 2.24) is 0 Å². The minimum atomic E-state index is -4.41. The van der Waals surface area contributed by atoms with Gasteiger partial charge in [-0.2, -0.15) is 4.57 Å². The van der Waals surface area contributed by atoms with Gasteiger partial charge in [0.2, 0.25) is 21.6 Å². The number of hydrogen-bond acceptors (Lipinski definition) is 4. The van der Waals surface area contributed by atoms with Gasteiger partial charge in [-0.15, -0.1) is 0 Å². The number of aromatic nitrogens is 1. The molecular weight excluding hydrogens is 362 g/mol. The first-order valence-corrected chi connectivity index (χ1v) is 9.90. The van der Waals surface area contributed by atoms with Gasteiger partial charge in [-0.05, 0) is 36.6 Å². The molecule has 1 aromatic heterocycles. The van der Waals surface area contributed by atoms with E-state index in [1.807, 2.05) is 0 Å². The van der Waals surface area contributed by atoms with E-state index >= 15 is 0 Å². The van der Waals surface area contributed by atoms with Crippen LogP contribution in [0.5, 0.6) is 0 Å². The lowest BCUT2D eigenvalue weighted by molar-refractivity contribution is -0.647. The van der Waals surface area contributed by atoms with Gasteiger partial charge >= 0.3 is 0 Å². The number of allylic oxidation sites excluding steroid dienone is 1. The highest BCUT2D eigenvalue weighted by Gasteiger charge is 2.27. The molecule has 27 heavy (non-hydrogen) atoms. The van der Waals surface area contributed by atoms with Crippen molar-refractivity contribution in [2.45, 2.75) is 12.8 Å². The van der Waals surface area contributed by atoms with E-state index < -0.39 is 10.4 Å². The van der Waals surface area contributed by atoms with E-state index in [4.69, 9.17) is 0 Å². The second-order valence-corrected chi connectivity index (χ2v) is 7.44. The standard InChI is InChI=1S/C20H18N.CH4O4S/c1-21-19-10-6-5-9-16(19)14-18-12-11-17(20(18)21)13-15-7-3-2-4-8-15;1-5-6(2,3)4/h2-10,13-14H,11-12H2,1H3;1H3,(H,2,3,4)/q+1;/p-1. The van der Waals surface area contributed by atoms with E-state index in [1.54, 1.807) is 0 Å². The lowest BCUT2D eigenvalue weighted by Gasteiger charge is -2.04. The predicted molar refractivity (Wildman–Crippen MR) is 104 cm³/mol. The summed E-state index contributed by atoms with van der Waals surface area (Å²) >= 11 is 0. The SMILES string of the molecule is COS(=O)(=O)[O-].C[n+]1c2c(cc3ccccc31)CCC2=Cc1ccccc1. The van der Waals surface area contributed by atoms with Crippen LogP contribution in [0.3, 0.4) is 0 Å². The number of hydrogen-bond donors (Lipinski definition) is 0. The zero-order valence-corrected chi connectivity index (χ0v) is 16.1. The van der Waals surface area contributed by atoms with Crippen LogP contribution in [0.1, 0.15) is 23.2 Å². The van der Waals surface area contributed by atoms with E-state index in [9.17, 15) is 13.0 Å². The Morgan fingerprint density at radius 1 is 1.04 bits per heavy atom. The van der Waals surface area contributed by atoms with Crippen molar-refractivity contribution >= 4 is 33.0 Å². The fourth-order valence-corrected chi connectivity index (χ4v) is 3.40. The van der Waals surface area contributed by atoms with Crippen molar-refractivity contribution in [2.75, 3.05) is 7.11 Å². The van der Waals surface area contributed by atoms with Crippen LogP contribution in [0.2, 0.25) is 0 Å². The number of rotatable bonds is 2. The maximum absolute atomic E-state index is 9.22. The number of aryl methyl sites for hydroxylation is 2. The molecule has 1 aliphatic rings. The van der Waals surface area contributed by atoms with E-state index in [1.165, 1.54) is 33.3 Å². The molecule has 0 saturated heterocycles. The van der Waals surface area contributed by atoms with Crippen LogP contribution in [0.4, 0.5) is 0 Å². The Morgan fingerprint density at radius 3 is 2.33 bits per heavy atom. The van der Waals surface area contributed by atoms with Gasteiger partial charge in [0, 0.05) is 22.6 Å². The Labute approximate surface area is 159 Å². The van der Waals surface area contributed by atoms with Crippen LogP contribution in [0.15, 0.2) is 60.7 Å². The van der Waals surface area contributed by atoms with Crippen LogP contribution in [0.25, 0.3) is 22.6 Å². The predicted octanol–water partition coefficient (Wildman–Crippen LogP) is 3.24. The van der Waals surface area contributed by atoms with Gasteiger partial charge < -0.3 is 4.55 Å². The second-order valence-electron chi connectivity index (χ2n) is 6.29. The van der Waals surface area contributed by atoms with E-state index in [0.29, 0.717) is 0 Å². The molecule has 1 heterocycles. The third-order valence-electron chi connectivity index (χ3n) is 4.58. The first-order chi connectivity index (χ1) is 12.9. The van der Waals surface area contributed by atoms with Crippen molar-refractivity contribution in [3.63, 3.8) is 0 Å². The molecule has 0 atom stereocenters. The molecule has 0 unspecified atom stereocenters. The summed E-state index contributed by atoms with van der Waals surface area (Å²) in [6.45, 7) is 0. The number of benzene rings is 2. The first-order valence-electron chi connectivity index (χ1n) is 8.57. The molecule has 0 amide bonds. The van der Waals surface area contributed by atoms with Gasteiger partial charge in [-0.1, -0.05) is 42.5 Å². The van der Waals surface area contributed by atoms with Crippen LogP contribution in [-0.4, -0.2) is 20.1 Å². The van der Waals surface area contributed by atoms with Crippen molar-refractivity contribution in [3.05, 3.63) is 77.5 Å². The normalized spacial score (nSPS) is 14.7. The molecule has 0 N–H and O–H groups in total. The molecular formula is C21H21NO4S. The average molecular weight is 383 g/mol. The number of para-hydroxylation sites is 1. The summed E-state index contributed by atoms with van der Waals surface area (Å²) in [5.41, 5.74) is 6.91. The topological polar surface area (TPSA) is 70.3 Å². The molecule has 0 radical (unpaired) electrons. The molecule has 0 aliphatic heterocycles. The lowest BCUT2D eigenvalue weighted by atomic mass is 10.1. The van der Waals surface area contributed by atoms with Crippen LogP contribution >= 0.6 is 0 Å². The van der Waals surface area contributed by atoms with E-state index in [-0.39, 0.29) is 0 Å².